The van der Waals surface area contributed by atoms with Crippen molar-refractivity contribution in [3.8, 4) is 0 Å². The number of carbonyl (C=O) groups is 1. The lowest BCUT2D eigenvalue weighted by molar-refractivity contribution is -0.135. The number of benzene rings is 1. The Hall–Kier alpha value is -2.17. The highest BCUT2D eigenvalue weighted by molar-refractivity contribution is 5.93. The molecule has 1 aliphatic heterocycles. The minimum atomic E-state index is -0.526. The number of rotatable bonds is 2. The summed E-state index contributed by atoms with van der Waals surface area (Å²) < 4.78 is 13.3. The van der Waals surface area contributed by atoms with E-state index in [2.05, 4.69) is 24.0 Å². The third-order valence-corrected chi connectivity index (χ3v) is 5.53. The molecule has 1 N–H and O–H groups in total. The Morgan fingerprint density at radius 2 is 2.00 bits per heavy atom. The Morgan fingerprint density at radius 1 is 1.30 bits per heavy atom. The number of aromatic amines is 1. The Labute approximate surface area is 134 Å². The summed E-state index contributed by atoms with van der Waals surface area (Å²) in [5.74, 6) is -0.114. The quantitative estimate of drug-likeness (QED) is 0.927. The molecule has 1 atom stereocenters. The lowest BCUT2D eigenvalue weighted by Gasteiger charge is -2.32. The van der Waals surface area contributed by atoms with Gasteiger partial charge in [-0.05, 0) is 29.5 Å². The maximum atomic E-state index is 13.3. The van der Waals surface area contributed by atoms with Crippen molar-refractivity contribution in [1.82, 2.24) is 15.1 Å². The van der Waals surface area contributed by atoms with Gasteiger partial charge >= 0.3 is 0 Å². The van der Waals surface area contributed by atoms with Gasteiger partial charge in [-0.25, -0.2) is 4.39 Å². The van der Waals surface area contributed by atoms with Gasteiger partial charge in [-0.1, -0.05) is 26.0 Å². The molecule has 23 heavy (non-hydrogen) atoms. The first-order chi connectivity index (χ1) is 10.9. The monoisotopic (exact) mass is 313 g/mol. The third kappa shape index (κ3) is 2.02. The summed E-state index contributed by atoms with van der Waals surface area (Å²) >= 11 is 0. The molecule has 1 aliphatic carbocycles. The van der Waals surface area contributed by atoms with Crippen molar-refractivity contribution in [2.45, 2.75) is 38.6 Å². The van der Waals surface area contributed by atoms with Crippen LogP contribution in [0.5, 0.6) is 0 Å². The Morgan fingerprint density at radius 3 is 2.65 bits per heavy atom. The van der Waals surface area contributed by atoms with E-state index in [1.807, 2.05) is 4.90 Å². The van der Waals surface area contributed by atoms with E-state index < -0.39 is 5.41 Å². The molecule has 0 bridgehead atoms. The highest BCUT2D eigenvalue weighted by Crippen LogP contribution is 2.65. The van der Waals surface area contributed by atoms with E-state index in [-0.39, 0.29) is 17.1 Å². The molecule has 4 rings (SSSR count). The second kappa shape index (κ2) is 4.66. The summed E-state index contributed by atoms with van der Waals surface area (Å²) in [5.41, 5.74) is 2.52. The Kier molecular flexibility index (Phi) is 2.92. The maximum Gasteiger partial charge on any atom is 0.234 e. The molecule has 1 amide bonds. The number of fused-ring (bicyclic) bond motifs is 1. The molecule has 0 unspecified atom stereocenters. The molecule has 0 saturated heterocycles. The molecule has 1 aromatic carbocycles. The van der Waals surface area contributed by atoms with E-state index in [9.17, 15) is 9.18 Å². The molecule has 4 nitrogen and oxygen atoms in total. The minimum absolute atomic E-state index is 0.0986. The largest absolute Gasteiger partial charge is 0.337 e. The van der Waals surface area contributed by atoms with Crippen molar-refractivity contribution in [3.63, 3.8) is 0 Å². The van der Waals surface area contributed by atoms with Crippen LogP contribution in [0.1, 0.15) is 37.1 Å². The second-order valence-electron chi connectivity index (χ2n) is 7.32. The van der Waals surface area contributed by atoms with E-state index in [0.29, 0.717) is 13.1 Å². The first-order valence-electron chi connectivity index (χ1n) is 8.01. The van der Waals surface area contributed by atoms with Gasteiger partial charge in [0.1, 0.15) is 5.82 Å². The van der Waals surface area contributed by atoms with Crippen LogP contribution in [0.25, 0.3) is 0 Å². The van der Waals surface area contributed by atoms with Gasteiger partial charge in [0.2, 0.25) is 5.91 Å². The SMILES string of the molecule is CC1(C)C[C@@]1(C(=O)N1CCc2[nH]ncc2C1)c1ccc(F)cc1. The van der Waals surface area contributed by atoms with Crippen molar-refractivity contribution < 1.29 is 9.18 Å². The predicted octanol–water partition coefficient (Wildman–Crippen LogP) is 2.80. The first-order valence-corrected chi connectivity index (χ1v) is 8.01. The van der Waals surface area contributed by atoms with Crippen molar-refractivity contribution in [2.75, 3.05) is 6.54 Å². The molecular formula is C18H20FN3O. The number of hydrogen-bond acceptors (Lipinski definition) is 2. The van der Waals surface area contributed by atoms with Crippen molar-refractivity contribution in [2.24, 2.45) is 5.41 Å². The Balaban J connectivity index is 1.67. The van der Waals surface area contributed by atoms with Crippen LogP contribution in [0.15, 0.2) is 30.5 Å². The highest BCUT2D eigenvalue weighted by Gasteiger charge is 2.68. The molecule has 1 aromatic heterocycles. The second-order valence-corrected chi connectivity index (χ2v) is 7.32. The fourth-order valence-corrected chi connectivity index (χ4v) is 4.00. The van der Waals surface area contributed by atoms with E-state index in [1.54, 1.807) is 18.3 Å². The standard InChI is InChI=1S/C18H20FN3O/c1-17(2)11-18(17,13-3-5-14(19)6-4-13)16(23)22-8-7-15-12(10-22)9-20-21-15/h3-6,9H,7-8,10-11H2,1-2H3,(H,20,21)/t18-/m0/s1. The first kappa shape index (κ1) is 14.4. The fraction of sp³-hybridized carbons (Fsp3) is 0.444. The normalized spacial score (nSPS) is 25.1. The topological polar surface area (TPSA) is 49.0 Å². The van der Waals surface area contributed by atoms with Gasteiger partial charge in [0.05, 0.1) is 11.6 Å². The lowest BCUT2D eigenvalue weighted by atomic mass is 9.86. The van der Waals surface area contributed by atoms with Crippen LogP contribution in [-0.2, 0) is 23.2 Å². The number of halogens is 1. The predicted molar refractivity (Wildman–Crippen MR) is 84.2 cm³/mol. The number of aromatic nitrogens is 2. The van der Waals surface area contributed by atoms with E-state index in [0.717, 1.165) is 29.7 Å². The minimum Gasteiger partial charge on any atom is -0.337 e. The summed E-state index contributed by atoms with van der Waals surface area (Å²) in [6, 6.07) is 6.41. The van der Waals surface area contributed by atoms with Crippen LogP contribution in [0.2, 0.25) is 0 Å². The zero-order valence-electron chi connectivity index (χ0n) is 13.4. The third-order valence-electron chi connectivity index (χ3n) is 5.53. The van der Waals surface area contributed by atoms with Crippen LogP contribution in [0.4, 0.5) is 4.39 Å². The summed E-state index contributed by atoms with van der Waals surface area (Å²) in [5, 5.41) is 7.06. The van der Waals surface area contributed by atoms with Gasteiger partial charge in [0.25, 0.3) is 0 Å². The zero-order valence-corrected chi connectivity index (χ0v) is 13.4. The molecule has 2 aliphatic rings. The van der Waals surface area contributed by atoms with Gasteiger partial charge in [0, 0.05) is 30.8 Å². The molecular weight excluding hydrogens is 293 g/mol. The highest BCUT2D eigenvalue weighted by atomic mass is 19.1. The molecule has 2 heterocycles. The van der Waals surface area contributed by atoms with Crippen molar-refractivity contribution >= 4 is 5.91 Å². The summed E-state index contributed by atoms with van der Waals surface area (Å²) in [7, 11) is 0. The average molecular weight is 313 g/mol. The van der Waals surface area contributed by atoms with E-state index >= 15 is 0 Å². The van der Waals surface area contributed by atoms with Gasteiger partial charge < -0.3 is 4.90 Å². The van der Waals surface area contributed by atoms with Crippen LogP contribution in [0.3, 0.4) is 0 Å². The van der Waals surface area contributed by atoms with Crippen molar-refractivity contribution in [1.29, 1.82) is 0 Å². The van der Waals surface area contributed by atoms with Gasteiger partial charge in [-0.3, -0.25) is 9.89 Å². The smallest absolute Gasteiger partial charge is 0.234 e. The molecule has 5 heteroatoms. The molecule has 120 valence electrons. The van der Waals surface area contributed by atoms with Gasteiger partial charge in [-0.2, -0.15) is 5.10 Å². The fourth-order valence-electron chi connectivity index (χ4n) is 4.00. The number of carbonyl (C=O) groups excluding carboxylic acids is 1. The van der Waals surface area contributed by atoms with Crippen LogP contribution < -0.4 is 0 Å². The maximum absolute atomic E-state index is 13.3. The zero-order chi connectivity index (χ0) is 16.2. The summed E-state index contributed by atoms with van der Waals surface area (Å²) in [4.78, 5) is 15.2. The number of amides is 1. The van der Waals surface area contributed by atoms with Crippen LogP contribution in [0, 0.1) is 11.2 Å². The summed E-state index contributed by atoms with van der Waals surface area (Å²) in [6.45, 7) is 5.53. The van der Waals surface area contributed by atoms with E-state index in [4.69, 9.17) is 0 Å². The van der Waals surface area contributed by atoms with Crippen LogP contribution >= 0.6 is 0 Å². The molecule has 0 spiro atoms. The van der Waals surface area contributed by atoms with Gasteiger partial charge in [-0.15, -0.1) is 0 Å². The number of hydrogen-bond donors (Lipinski definition) is 1. The van der Waals surface area contributed by atoms with Crippen molar-refractivity contribution in [3.05, 3.63) is 53.1 Å². The lowest BCUT2D eigenvalue weighted by Crippen LogP contribution is -2.44. The number of nitrogens with one attached hydrogen (secondary N) is 1. The van der Waals surface area contributed by atoms with E-state index in [1.165, 1.54) is 12.1 Å². The van der Waals surface area contributed by atoms with Gasteiger partial charge in [0.15, 0.2) is 0 Å². The average Bonchev–Trinajstić information content (AvgIpc) is 2.91. The molecule has 2 aromatic rings. The Bertz CT molecular complexity index is 765. The number of nitrogens with zero attached hydrogens (tertiary/aromatic N) is 2. The molecule has 1 fully saturated rings. The molecule has 0 radical (unpaired) electrons. The molecule has 1 saturated carbocycles. The van der Waals surface area contributed by atoms with Crippen LogP contribution in [-0.4, -0.2) is 27.5 Å². The summed E-state index contributed by atoms with van der Waals surface area (Å²) in [6.07, 6.45) is 3.41. The number of H-pyrrole nitrogens is 1.